The summed E-state index contributed by atoms with van der Waals surface area (Å²) in [6, 6.07) is 9.05. The Bertz CT molecular complexity index is 1660. The number of anilines is 2. The van der Waals surface area contributed by atoms with Crippen molar-refractivity contribution in [2.75, 3.05) is 25.0 Å². The number of nitrogens with zero attached hydrogens (tertiary/aromatic N) is 5. The van der Waals surface area contributed by atoms with Gasteiger partial charge in [-0.15, -0.1) is 0 Å². The minimum absolute atomic E-state index is 0.0650. The van der Waals surface area contributed by atoms with Gasteiger partial charge in [-0.3, -0.25) is 14.0 Å². The number of hydrogen-bond donors (Lipinski definition) is 2. The molecular formula is C27H21ClF2N6O4. The Morgan fingerprint density at radius 2 is 1.95 bits per heavy atom. The fraction of sp³-hybridized carbons (Fsp3) is 0.222. The summed E-state index contributed by atoms with van der Waals surface area (Å²) in [5, 5.41) is 21.1. The van der Waals surface area contributed by atoms with E-state index in [1.165, 1.54) is 28.9 Å². The van der Waals surface area contributed by atoms with Crippen molar-refractivity contribution in [3.05, 3.63) is 71.1 Å². The van der Waals surface area contributed by atoms with Crippen molar-refractivity contribution >= 4 is 40.6 Å². The minimum atomic E-state index is -1.22. The Morgan fingerprint density at radius 1 is 1.18 bits per heavy atom. The number of rotatable bonds is 7. The molecule has 10 nitrogen and oxygen atoms in total. The number of ether oxygens (including phenoxy) is 1. The number of nitriles is 1. The van der Waals surface area contributed by atoms with Gasteiger partial charge >= 0.3 is 5.97 Å². The Labute approximate surface area is 231 Å². The Balaban J connectivity index is 1.37. The Hall–Kier alpha value is -4.76. The fourth-order valence-corrected chi connectivity index (χ4v) is 4.82. The molecule has 0 bridgehead atoms. The van der Waals surface area contributed by atoms with Gasteiger partial charge in [0.2, 0.25) is 5.82 Å². The van der Waals surface area contributed by atoms with Crippen molar-refractivity contribution in [1.82, 2.24) is 19.3 Å². The summed E-state index contributed by atoms with van der Waals surface area (Å²) >= 11 is 6.44. The number of benzene rings is 2. The molecule has 13 heteroatoms. The van der Waals surface area contributed by atoms with E-state index < -0.39 is 30.1 Å². The molecule has 2 aromatic heterocycles. The van der Waals surface area contributed by atoms with Crippen molar-refractivity contribution in [2.45, 2.75) is 12.8 Å². The quantitative estimate of drug-likeness (QED) is 0.322. The zero-order valence-corrected chi connectivity index (χ0v) is 21.5. The lowest BCUT2D eigenvalue weighted by Gasteiger charge is -2.30. The highest BCUT2D eigenvalue weighted by Gasteiger charge is 2.28. The van der Waals surface area contributed by atoms with Crippen molar-refractivity contribution in [1.29, 1.82) is 5.26 Å². The summed E-state index contributed by atoms with van der Waals surface area (Å²) in [6.07, 6.45) is 5.14. The monoisotopic (exact) mass is 566 g/mol. The molecule has 204 valence electrons. The zero-order valence-electron chi connectivity index (χ0n) is 20.8. The van der Waals surface area contributed by atoms with Crippen LogP contribution in [0.25, 0.3) is 16.9 Å². The van der Waals surface area contributed by atoms with Crippen LogP contribution in [0.5, 0.6) is 5.75 Å². The van der Waals surface area contributed by atoms with Gasteiger partial charge in [0.25, 0.3) is 5.91 Å². The smallest absolute Gasteiger partial charge is 0.306 e. The molecular weight excluding hydrogens is 546 g/mol. The molecule has 4 aromatic rings. The van der Waals surface area contributed by atoms with Crippen molar-refractivity contribution in [3.63, 3.8) is 0 Å². The first-order chi connectivity index (χ1) is 19.3. The van der Waals surface area contributed by atoms with Gasteiger partial charge in [-0.1, -0.05) is 11.6 Å². The number of hydrogen-bond acceptors (Lipinski definition) is 7. The van der Waals surface area contributed by atoms with Crippen LogP contribution in [0.15, 0.2) is 48.9 Å². The summed E-state index contributed by atoms with van der Waals surface area (Å²) in [7, 11) is 0. The number of nitrogens with one attached hydrogen (secondary N) is 1. The summed E-state index contributed by atoms with van der Waals surface area (Å²) in [6.45, 7) is 0.247. The number of piperidine rings is 1. The van der Waals surface area contributed by atoms with Gasteiger partial charge in [0.15, 0.2) is 29.6 Å². The number of fused-ring (bicyclic) bond motifs is 1. The number of aliphatic carboxylic acids is 1. The van der Waals surface area contributed by atoms with Crippen LogP contribution in [0, 0.1) is 28.9 Å². The average Bonchev–Trinajstić information content (AvgIpc) is 3.38. The van der Waals surface area contributed by atoms with E-state index in [4.69, 9.17) is 21.6 Å². The first-order valence-electron chi connectivity index (χ1n) is 12.2. The minimum Gasteiger partial charge on any atom is -0.481 e. The third kappa shape index (κ3) is 5.11. The standard InChI is InChI=1S/C27H21ClF2N6O4/c28-19-13-16(1-2-17(19)26(37)35-9-5-15(6-10-35)27(38)39)34-24-25-33-14-20(36(25)11-8-32-24)18-3-4-21(40-12-7-31)23(30)22(18)29/h1-4,8,11,13-15H,5-6,9-10,12H2,(H,32,34)(H,38,39). The van der Waals surface area contributed by atoms with Gasteiger partial charge in [-0.25, -0.2) is 14.4 Å². The van der Waals surface area contributed by atoms with Gasteiger partial charge < -0.3 is 20.1 Å². The number of imidazole rings is 1. The van der Waals surface area contributed by atoms with Crippen LogP contribution in [0.3, 0.4) is 0 Å². The van der Waals surface area contributed by atoms with Crippen LogP contribution in [0.4, 0.5) is 20.3 Å². The third-order valence-electron chi connectivity index (χ3n) is 6.64. The molecule has 1 fully saturated rings. The van der Waals surface area contributed by atoms with Crippen LogP contribution in [-0.4, -0.2) is 55.9 Å². The average molecular weight is 567 g/mol. The van der Waals surface area contributed by atoms with E-state index >= 15 is 0 Å². The second-order valence-electron chi connectivity index (χ2n) is 9.02. The molecule has 2 N–H and O–H groups in total. The Morgan fingerprint density at radius 3 is 2.65 bits per heavy atom. The maximum atomic E-state index is 14.9. The number of amides is 1. The summed E-state index contributed by atoms with van der Waals surface area (Å²) in [5.41, 5.74) is 1.31. The highest BCUT2D eigenvalue weighted by molar-refractivity contribution is 6.34. The molecule has 40 heavy (non-hydrogen) atoms. The van der Waals surface area contributed by atoms with E-state index in [-0.39, 0.29) is 33.5 Å². The lowest BCUT2D eigenvalue weighted by atomic mass is 9.96. The van der Waals surface area contributed by atoms with E-state index in [1.54, 1.807) is 35.4 Å². The van der Waals surface area contributed by atoms with Gasteiger partial charge in [0, 0.05) is 36.7 Å². The number of carboxylic acids is 1. The molecule has 3 heterocycles. The molecule has 0 unspecified atom stereocenters. The van der Waals surface area contributed by atoms with E-state index in [1.807, 2.05) is 0 Å². The number of halogens is 3. The maximum absolute atomic E-state index is 14.9. The van der Waals surface area contributed by atoms with Gasteiger partial charge in [-0.2, -0.15) is 9.65 Å². The largest absolute Gasteiger partial charge is 0.481 e. The molecule has 0 saturated carbocycles. The topological polar surface area (TPSA) is 133 Å². The lowest BCUT2D eigenvalue weighted by Crippen LogP contribution is -2.40. The highest BCUT2D eigenvalue weighted by atomic mass is 35.5. The SMILES string of the molecule is N#CCOc1ccc(-c2cnc3c(Nc4ccc(C(=O)N5CCC(C(=O)O)CC5)c(Cl)c4)nccn23)c(F)c1F. The predicted molar refractivity (Wildman–Crippen MR) is 140 cm³/mol. The first-order valence-corrected chi connectivity index (χ1v) is 12.5. The highest BCUT2D eigenvalue weighted by Crippen LogP contribution is 2.32. The van der Waals surface area contributed by atoms with Crippen LogP contribution in [0.1, 0.15) is 23.2 Å². The normalized spacial score (nSPS) is 13.7. The first kappa shape index (κ1) is 26.8. The van der Waals surface area contributed by atoms with E-state index in [9.17, 15) is 23.5 Å². The van der Waals surface area contributed by atoms with Crippen molar-refractivity contribution in [2.24, 2.45) is 5.92 Å². The number of aromatic nitrogens is 3. The van der Waals surface area contributed by atoms with Gasteiger partial charge in [0.05, 0.1) is 28.4 Å². The molecule has 1 saturated heterocycles. The molecule has 1 aliphatic heterocycles. The predicted octanol–water partition coefficient (Wildman–Crippen LogP) is 4.91. The summed E-state index contributed by atoms with van der Waals surface area (Å²) < 4.78 is 35.8. The number of carbonyl (C=O) groups is 2. The fourth-order valence-electron chi connectivity index (χ4n) is 4.56. The third-order valence-corrected chi connectivity index (χ3v) is 6.95. The Kier molecular flexibility index (Phi) is 7.48. The van der Waals surface area contributed by atoms with Crippen molar-refractivity contribution in [3.8, 4) is 23.1 Å². The molecule has 2 aromatic carbocycles. The zero-order chi connectivity index (χ0) is 28.4. The molecule has 0 spiro atoms. The van der Waals surface area contributed by atoms with Crippen LogP contribution in [0.2, 0.25) is 5.02 Å². The van der Waals surface area contributed by atoms with Crippen LogP contribution < -0.4 is 10.1 Å². The molecule has 0 atom stereocenters. The maximum Gasteiger partial charge on any atom is 0.306 e. The summed E-state index contributed by atoms with van der Waals surface area (Å²) in [5.74, 6) is -4.03. The van der Waals surface area contributed by atoms with E-state index in [0.717, 1.165) is 0 Å². The van der Waals surface area contributed by atoms with Gasteiger partial charge in [0.1, 0.15) is 6.07 Å². The van der Waals surface area contributed by atoms with Gasteiger partial charge in [-0.05, 0) is 43.2 Å². The summed E-state index contributed by atoms with van der Waals surface area (Å²) in [4.78, 5) is 34.4. The van der Waals surface area contributed by atoms with E-state index in [0.29, 0.717) is 43.1 Å². The number of likely N-dealkylation sites (tertiary alicyclic amines) is 1. The second kappa shape index (κ2) is 11.2. The molecule has 0 aliphatic carbocycles. The molecule has 1 aliphatic rings. The van der Waals surface area contributed by atoms with Crippen LogP contribution in [-0.2, 0) is 4.79 Å². The van der Waals surface area contributed by atoms with E-state index in [2.05, 4.69) is 15.3 Å². The molecule has 0 radical (unpaired) electrons. The van der Waals surface area contributed by atoms with Crippen molar-refractivity contribution < 1.29 is 28.2 Å². The lowest BCUT2D eigenvalue weighted by molar-refractivity contribution is -0.143. The second-order valence-corrected chi connectivity index (χ2v) is 9.43. The number of carboxylic acid groups (broad SMARTS) is 1. The molecule has 5 rings (SSSR count). The molecule has 1 amide bonds. The number of carbonyl (C=O) groups excluding carboxylic acids is 1. The van der Waals surface area contributed by atoms with Crippen LogP contribution >= 0.6 is 11.6 Å².